The van der Waals surface area contributed by atoms with Crippen LogP contribution in [0.1, 0.15) is 53.4 Å². The van der Waals surface area contributed by atoms with E-state index in [0.717, 1.165) is 12.8 Å². The number of carbonyl (C=O) groups is 1. The molecule has 86 valence electrons. The van der Waals surface area contributed by atoms with Crippen LogP contribution in [0.4, 0.5) is 0 Å². The summed E-state index contributed by atoms with van der Waals surface area (Å²) in [5.74, 6) is -0.0562. The second-order valence-electron chi connectivity index (χ2n) is 5.32. The molecule has 1 unspecified atom stereocenters. The summed E-state index contributed by atoms with van der Waals surface area (Å²) < 4.78 is 0. The summed E-state index contributed by atoms with van der Waals surface area (Å²) in [6.07, 6.45) is 3.06. The van der Waals surface area contributed by atoms with Crippen LogP contribution in [0, 0.1) is 5.41 Å². The second kappa shape index (κ2) is 4.48. The Morgan fingerprint density at radius 2 is 2.13 bits per heavy atom. The predicted molar refractivity (Wildman–Crippen MR) is 61.6 cm³/mol. The van der Waals surface area contributed by atoms with Gasteiger partial charge < -0.3 is 5.11 Å². The molecule has 0 aromatic heterocycles. The summed E-state index contributed by atoms with van der Waals surface area (Å²) in [5.41, 5.74) is 2.73. The van der Waals surface area contributed by atoms with Gasteiger partial charge in [-0.15, -0.1) is 0 Å². The van der Waals surface area contributed by atoms with Crippen LogP contribution >= 0.6 is 0 Å². The third-order valence-electron chi connectivity index (χ3n) is 3.50. The van der Waals surface area contributed by atoms with Gasteiger partial charge in [-0.25, -0.2) is 0 Å². The molecule has 0 aliphatic heterocycles. The van der Waals surface area contributed by atoms with Gasteiger partial charge in [0, 0.05) is 6.42 Å². The molecule has 1 aliphatic rings. The van der Waals surface area contributed by atoms with Crippen molar-refractivity contribution in [3.05, 3.63) is 11.1 Å². The molecule has 0 fully saturated rings. The minimum Gasteiger partial charge on any atom is -0.386 e. The summed E-state index contributed by atoms with van der Waals surface area (Å²) in [6, 6.07) is 0. The van der Waals surface area contributed by atoms with Gasteiger partial charge in [0.2, 0.25) is 0 Å². The predicted octanol–water partition coefficient (Wildman–Crippen LogP) is 2.85. The molecular formula is C13H22O2. The first-order valence-electron chi connectivity index (χ1n) is 5.74. The Morgan fingerprint density at radius 3 is 2.60 bits per heavy atom. The fraction of sp³-hybridized carbons (Fsp3) is 0.769. The molecule has 0 aromatic carbocycles. The fourth-order valence-electron chi connectivity index (χ4n) is 2.39. The van der Waals surface area contributed by atoms with Crippen LogP contribution in [0.15, 0.2) is 11.1 Å². The van der Waals surface area contributed by atoms with E-state index in [2.05, 4.69) is 20.8 Å². The monoisotopic (exact) mass is 210 g/mol. The molecule has 0 saturated carbocycles. The van der Waals surface area contributed by atoms with Crippen LogP contribution in [0.5, 0.6) is 0 Å². The number of carbonyl (C=O) groups excluding carboxylic acids is 1. The highest BCUT2D eigenvalue weighted by Gasteiger charge is 2.30. The molecule has 0 saturated heterocycles. The maximum absolute atomic E-state index is 11.6. The van der Waals surface area contributed by atoms with Gasteiger partial charge in [0.05, 0.1) is 0 Å². The van der Waals surface area contributed by atoms with Crippen LogP contribution in [0.25, 0.3) is 0 Å². The van der Waals surface area contributed by atoms with E-state index in [4.69, 9.17) is 0 Å². The molecule has 2 heteroatoms. The minimum absolute atomic E-state index is 0.0562. The topological polar surface area (TPSA) is 37.3 Å². The molecule has 0 spiro atoms. The van der Waals surface area contributed by atoms with E-state index in [0.29, 0.717) is 6.42 Å². The van der Waals surface area contributed by atoms with E-state index in [1.807, 2.05) is 0 Å². The Hall–Kier alpha value is -0.630. The first kappa shape index (κ1) is 12.4. The van der Waals surface area contributed by atoms with Crippen LogP contribution in [-0.2, 0) is 4.79 Å². The molecule has 15 heavy (non-hydrogen) atoms. The molecule has 1 aliphatic carbocycles. The van der Waals surface area contributed by atoms with E-state index in [9.17, 15) is 9.90 Å². The summed E-state index contributed by atoms with van der Waals surface area (Å²) in [7, 11) is 0. The fourth-order valence-corrected chi connectivity index (χ4v) is 2.39. The molecule has 0 amide bonds. The van der Waals surface area contributed by atoms with Crippen molar-refractivity contribution in [2.75, 3.05) is 0 Å². The minimum atomic E-state index is -0.831. The van der Waals surface area contributed by atoms with Crippen molar-refractivity contribution < 1.29 is 9.90 Å². The van der Waals surface area contributed by atoms with E-state index in [1.54, 1.807) is 6.92 Å². The Kier molecular flexibility index (Phi) is 3.72. The molecule has 0 bridgehead atoms. The van der Waals surface area contributed by atoms with E-state index >= 15 is 0 Å². The summed E-state index contributed by atoms with van der Waals surface area (Å²) in [4.78, 5) is 11.6. The molecule has 1 atom stereocenters. The zero-order chi connectivity index (χ0) is 11.6. The van der Waals surface area contributed by atoms with Crippen LogP contribution < -0.4 is 0 Å². The van der Waals surface area contributed by atoms with E-state index in [1.165, 1.54) is 17.6 Å². The standard InChI is InChI=1S/C13H22O2/c1-9-6-5-7-13(3,4)11(9)8-12(15)10(2)14/h10,14H,5-8H2,1-4H3. The third-order valence-corrected chi connectivity index (χ3v) is 3.50. The van der Waals surface area contributed by atoms with Gasteiger partial charge in [-0.2, -0.15) is 0 Å². The lowest BCUT2D eigenvalue weighted by molar-refractivity contribution is -0.125. The molecule has 0 aromatic rings. The van der Waals surface area contributed by atoms with Crippen LogP contribution in [0.3, 0.4) is 0 Å². The van der Waals surface area contributed by atoms with E-state index < -0.39 is 6.10 Å². The highest BCUT2D eigenvalue weighted by Crippen LogP contribution is 2.41. The molecule has 2 nitrogen and oxygen atoms in total. The number of allylic oxidation sites excluding steroid dienone is 2. The maximum atomic E-state index is 11.6. The molecular weight excluding hydrogens is 188 g/mol. The van der Waals surface area contributed by atoms with Gasteiger partial charge in [-0.05, 0) is 38.5 Å². The average Bonchev–Trinajstić information content (AvgIpc) is 2.10. The van der Waals surface area contributed by atoms with Crippen molar-refractivity contribution in [1.82, 2.24) is 0 Å². The summed E-state index contributed by atoms with van der Waals surface area (Å²) in [5, 5.41) is 9.24. The third kappa shape index (κ3) is 2.91. The van der Waals surface area contributed by atoms with Gasteiger partial charge in [0.15, 0.2) is 5.78 Å². The Morgan fingerprint density at radius 1 is 1.53 bits per heavy atom. The van der Waals surface area contributed by atoms with Crippen molar-refractivity contribution in [2.45, 2.75) is 59.5 Å². The lowest BCUT2D eigenvalue weighted by Crippen LogP contribution is -2.25. The van der Waals surface area contributed by atoms with Crippen molar-refractivity contribution in [3.8, 4) is 0 Å². The zero-order valence-electron chi connectivity index (χ0n) is 10.3. The van der Waals surface area contributed by atoms with E-state index in [-0.39, 0.29) is 11.2 Å². The summed E-state index contributed by atoms with van der Waals surface area (Å²) >= 11 is 0. The number of Topliss-reactive ketones (excluding diaryl/α,β-unsaturated/α-hetero) is 1. The number of hydrogen-bond donors (Lipinski definition) is 1. The molecule has 0 heterocycles. The lowest BCUT2D eigenvalue weighted by Gasteiger charge is -2.34. The van der Waals surface area contributed by atoms with Crippen LogP contribution in [-0.4, -0.2) is 17.0 Å². The quantitative estimate of drug-likeness (QED) is 0.727. The van der Waals surface area contributed by atoms with Gasteiger partial charge in [-0.3, -0.25) is 4.79 Å². The Bertz CT molecular complexity index is 285. The Labute approximate surface area is 92.4 Å². The van der Waals surface area contributed by atoms with Gasteiger partial charge >= 0.3 is 0 Å². The number of hydrogen-bond acceptors (Lipinski definition) is 2. The van der Waals surface area contributed by atoms with Crippen molar-refractivity contribution in [3.63, 3.8) is 0 Å². The zero-order valence-corrected chi connectivity index (χ0v) is 10.3. The molecule has 1 N–H and O–H groups in total. The smallest absolute Gasteiger partial charge is 0.165 e. The number of aliphatic hydroxyl groups excluding tert-OH is 1. The molecule has 0 radical (unpaired) electrons. The molecule has 1 rings (SSSR count). The summed E-state index contributed by atoms with van der Waals surface area (Å²) in [6.45, 7) is 8.06. The highest BCUT2D eigenvalue weighted by molar-refractivity contribution is 5.85. The number of aliphatic hydroxyl groups is 1. The largest absolute Gasteiger partial charge is 0.386 e. The number of rotatable bonds is 3. The van der Waals surface area contributed by atoms with Crippen molar-refractivity contribution in [1.29, 1.82) is 0 Å². The number of ketones is 1. The first-order chi connectivity index (χ1) is 6.84. The maximum Gasteiger partial charge on any atom is 0.165 e. The van der Waals surface area contributed by atoms with Crippen LogP contribution in [0.2, 0.25) is 0 Å². The Balaban J connectivity index is 2.85. The van der Waals surface area contributed by atoms with Gasteiger partial charge in [-0.1, -0.05) is 25.0 Å². The second-order valence-corrected chi connectivity index (χ2v) is 5.32. The normalized spacial score (nSPS) is 22.7. The van der Waals surface area contributed by atoms with Crippen molar-refractivity contribution in [2.24, 2.45) is 5.41 Å². The van der Waals surface area contributed by atoms with Crippen molar-refractivity contribution >= 4 is 5.78 Å². The average molecular weight is 210 g/mol. The van der Waals surface area contributed by atoms with Gasteiger partial charge in [0.1, 0.15) is 6.10 Å². The van der Waals surface area contributed by atoms with Gasteiger partial charge in [0.25, 0.3) is 0 Å². The highest BCUT2D eigenvalue weighted by atomic mass is 16.3. The lowest BCUT2D eigenvalue weighted by atomic mass is 9.71. The SMILES string of the molecule is CC1=C(CC(=O)C(C)O)C(C)(C)CCC1. The first-order valence-corrected chi connectivity index (χ1v) is 5.74.